The van der Waals surface area contributed by atoms with E-state index in [1.165, 1.54) is 0 Å². The van der Waals surface area contributed by atoms with Crippen molar-refractivity contribution in [3.05, 3.63) is 0 Å². The highest BCUT2D eigenvalue weighted by atomic mass is 16.6. The van der Waals surface area contributed by atoms with Crippen molar-refractivity contribution < 1.29 is 19.4 Å². The molecule has 5 heteroatoms. The molecule has 1 N–H and O–H groups in total. The molecule has 2 aliphatic rings. The summed E-state index contributed by atoms with van der Waals surface area (Å²) >= 11 is 0. The first-order chi connectivity index (χ1) is 7.18. The van der Waals surface area contributed by atoms with Gasteiger partial charge >= 0.3 is 12.1 Å². The number of cyclic esters (lactones) is 1. The molecule has 0 aromatic heterocycles. The Balaban J connectivity index is 1.93. The van der Waals surface area contributed by atoms with E-state index in [0.717, 1.165) is 19.3 Å². The third-order valence-electron chi connectivity index (χ3n) is 3.28. The number of carboxylic acid groups (broad SMARTS) is 1. The van der Waals surface area contributed by atoms with Crippen LogP contribution in [0, 0.1) is 11.8 Å². The highest BCUT2D eigenvalue weighted by molar-refractivity contribution is 5.71. The number of carboxylic acids is 1. The van der Waals surface area contributed by atoms with Gasteiger partial charge < -0.3 is 14.7 Å². The second kappa shape index (κ2) is 4.08. The minimum atomic E-state index is -0.731. The number of rotatable bonds is 3. The first-order valence-corrected chi connectivity index (χ1v) is 5.33. The topological polar surface area (TPSA) is 66.8 Å². The quantitative estimate of drug-likeness (QED) is 0.757. The molecule has 2 unspecified atom stereocenters. The molecule has 15 heavy (non-hydrogen) atoms. The van der Waals surface area contributed by atoms with Gasteiger partial charge in [-0.3, -0.25) is 4.79 Å². The predicted octanol–water partition coefficient (Wildman–Crippen LogP) is 0.940. The van der Waals surface area contributed by atoms with E-state index in [9.17, 15) is 9.59 Å². The summed E-state index contributed by atoms with van der Waals surface area (Å²) in [7, 11) is 0. The summed E-state index contributed by atoms with van der Waals surface area (Å²) in [5.41, 5.74) is 0. The average Bonchev–Trinajstić information content (AvgIpc) is 2.77. The SMILES string of the molecule is O=C(O)C1CCCC1CN1CCOC1=O. The van der Waals surface area contributed by atoms with Gasteiger partial charge in [0.25, 0.3) is 0 Å². The van der Waals surface area contributed by atoms with E-state index < -0.39 is 5.97 Å². The first-order valence-electron chi connectivity index (χ1n) is 5.33. The van der Waals surface area contributed by atoms with Crippen LogP contribution in [0.4, 0.5) is 4.79 Å². The van der Waals surface area contributed by atoms with Crippen molar-refractivity contribution >= 4 is 12.1 Å². The maximum Gasteiger partial charge on any atom is 0.409 e. The van der Waals surface area contributed by atoms with E-state index in [4.69, 9.17) is 9.84 Å². The number of aliphatic carboxylic acids is 1. The van der Waals surface area contributed by atoms with Gasteiger partial charge in [0.15, 0.2) is 0 Å². The normalized spacial score (nSPS) is 30.7. The Labute approximate surface area is 88.0 Å². The van der Waals surface area contributed by atoms with Gasteiger partial charge in [-0.15, -0.1) is 0 Å². The van der Waals surface area contributed by atoms with Crippen LogP contribution < -0.4 is 0 Å². The maximum atomic E-state index is 11.2. The molecule has 84 valence electrons. The summed E-state index contributed by atoms with van der Waals surface area (Å²) in [6, 6.07) is 0. The van der Waals surface area contributed by atoms with Crippen LogP contribution in [0.3, 0.4) is 0 Å². The smallest absolute Gasteiger partial charge is 0.409 e. The molecular weight excluding hydrogens is 198 g/mol. The van der Waals surface area contributed by atoms with Crippen LogP contribution in [0.25, 0.3) is 0 Å². The van der Waals surface area contributed by atoms with Crippen molar-refractivity contribution in [3.63, 3.8) is 0 Å². The third kappa shape index (κ3) is 2.06. The molecule has 1 aliphatic heterocycles. The van der Waals surface area contributed by atoms with Crippen molar-refractivity contribution in [3.8, 4) is 0 Å². The van der Waals surface area contributed by atoms with Gasteiger partial charge in [0.2, 0.25) is 0 Å². The molecule has 2 fully saturated rings. The van der Waals surface area contributed by atoms with Crippen LogP contribution in [-0.2, 0) is 9.53 Å². The Bertz CT molecular complexity index is 279. The minimum Gasteiger partial charge on any atom is -0.481 e. The number of nitrogens with zero attached hydrogens (tertiary/aromatic N) is 1. The highest BCUT2D eigenvalue weighted by Crippen LogP contribution is 2.32. The number of amides is 1. The molecule has 1 saturated carbocycles. The van der Waals surface area contributed by atoms with Gasteiger partial charge in [-0.05, 0) is 18.8 Å². The Morgan fingerprint density at radius 1 is 1.53 bits per heavy atom. The molecule has 0 radical (unpaired) electrons. The van der Waals surface area contributed by atoms with E-state index >= 15 is 0 Å². The summed E-state index contributed by atoms with van der Waals surface area (Å²) in [6.45, 7) is 1.57. The van der Waals surface area contributed by atoms with E-state index in [0.29, 0.717) is 19.7 Å². The van der Waals surface area contributed by atoms with Crippen molar-refractivity contribution in [2.75, 3.05) is 19.7 Å². The lowest BCUT2D eigenvalue weighted by atomic mass is 9.96. The van der Waals surface area contributed by atoms with Crippen molar-refractivity contribution in [1.82, 2.24) is 4.90 Å². The molecule has 0 aromatic rings. The summed E-state index contributed by atoms with van der Waals surface area (Å²) in [4.78, 5) is 23.7. The van der Waals surface area contributed by atoms with E-state index in [2.05, 4.69) is 0 Å². The van der Waals surface area contributed by atoms with Crippen LogP contribution in [0.2, 0.25) is 0 Å². The second-order valence-electron chi connectivity index (χ2n) is 4.20. The predicted molar refractivity (Wildman–Crippen MR) is 51.4 cm³/mol. The minimum absolute atomic E-state index is 0.105. The Kier molecular flexibility index (Phi) is 2.79. The standard InChI is InChI=1S/C10H15NO4/c12-9(13)8-3-1-2-7(8)6-11-4-5-15-10(11)14/h7-8H,1-6H2,(H,12,13). The van der Waals surface area contributed by atoms with E-state index in [1.807, 2.05) is 0 Å². The van der Waals surface area contributed by atoms with Crippen LogP contribution in [-0.4, -0.2) is 41.8 Å². The maximum absolute atomic E-state index is 11.2. The lowest BCUT2D eigenvalue weighted by Gasteiger charge is -2.21. The molecule has 1 amide bonds. The average molecular weight is 213 g/mol. The largest absolute Gasteiger partial charge is 0.481 e. The van der Waals surface area contributed by atoms with Gasteiger partial charge in [-0.2, -0.15) is 0 Å². The molecule has 1 saturated heterocycles. The number of carbonyl (C=O) groups excluding carboxylic acids is 1. The fraction of sp³-hybridized carbons (Fsp3) is 0.800. The molecule has 0 bridgehead atoms. The lowest BCUT2D eigenvalue weighted by molar-refractivity contribution is -0.143. The molecule has 2 rings (SSSR count). The number of ether oxygens (including phenoxy) is 1. The summed E-state index contributed by atoms with van der Waals surface area (Å²) < 4.78 is 4.81. The second-order valence-corrected chi connectivity index (χ2v) is 4.20. The van der Waals surface area contributed by atoms with Crippen LogP contribution >= 0.6 is 0 Å². The molecule has 2 atom stereocenters. The molecule has 1 aliphatic carbocycles. The zero-order valence-corrected chi connectivity index (χ0v) is 8.52. The molecule has 0 aromatic carbocycles. The highest BCUT2D eigenvalue weighted by Gasteiger charge is 2.36. The van der Waals surface area contributed by atoms with Gasteiger partial charge in [0.05, 0.1) is 12.5 Å². The van der Waals surface area contributed by atoms with Gasteiger partial charge in [-0.25, -0.2) is 4.79 Å². The van der Waals surface area contributed by atoms with Crippen molar-refractivity contribution in [2.45, 2.75) is 19.3 Å². The number of hydrogen-bond acceptors (Lipinski definition) is 3. The Hall–Kier alpha value is -1.26. The summed E-state index contributed by atoms with van der Waals surface area (Å²) in [6.07, 6.45) is 2.29. The summed E-state index contributed by atoms with van der Waals surface area (Å²) in [5, 5.41) is 8.99. The van der Waals surface area contributed by atoms with Crippen LogP contribution in [0.1, 0.15) is 19.3 Å². The zero-order valence-electron chi connectivity index (χ0n) is 8.52. The number of hydrogen-bond donors (Lipinski definition) is 1. The first kappa shape index (κ1) is 10.3. The van der Waals surface area contributed by atoms with Gasteiger partial charge in [-0.1, -0.05) is 6.42 Å². The van der Waals surface area contributed by atoms with Gasteiger partial charge in [0, 0.05) is 6.54 Å². The molecule has 0 spiro atoms. The Morgan fingerprint density at radius 3 is 2.93 bits per heavy atom. The van der Waals surface area contributed by atoms with Crippen LogP contribution in [0.15, 0.2) is 0 Å². The van der Waals surface area contributed by atoms with Gasteiger partial charge in [0.1, 0.15) is 6.61 Å². The Morgan fingerprint density at radius 2 is 2.33 bits per heavy atom. The van der Waals surface area contributed by atoms with E-state index in [-0.39, 0.29) is 17.9 Å². The molecular formula is C10H15NO4. The molecule has 1 heterocycles. The van der Waals surface area contributed by atoms with Crippen molar-refractivity contribution in [2.24, 2.45) is 11.8 Å². The summed E-state index contributed by atoms with van der Waals surface area (Å²) in [5.74, 6) is -0.906. The monoisotopic (exact) mass is 213 g/mol. The van der Waals surface area contributed by atoms with E-state index in [1.54, 1.807) is 4.90 Å². The fourth-order valence-corrected chi connectivity index (χ4v) is 2.46. The lowest BCUT2D eigenvalue weighted by Crippen LogP contribution is -2.33. The molecule has 5 nitrogen and oxygen atoms in total. The van der Waals surface area contributed by atoms with Crippen LogP contribution in [0.5, 0.6) is 0 Å². The third-order valence-corrected chi connectivity index (χ3v) is 3.28. The number of carbonyl (C=O) groups is 2. The fourth-order valence-electron chi connectivity index (χ4n) is 2.46. The van der Waals surface area contributed by atoms with Crippen molar-refractivity contribution in [1.29, 1.82) is 0 Å². The zero-order chi connectivity index (χ0) is 10.8.